The van der Waals surface area contributed by atoms with Crippen LogP contribution in [0, 0.1) is 0 Å². The predicted octanol–water partition coefficient (Wildman–Crippen LogP) is 4.52. The van der Waals surface area contributed by atoms with Crippen molar-refractivity contribution < 1.29 is 14.3 Å². The number of nitrogens with zero attached hydrogens (tertiary/aromatic N) is 2. The van der Waals surface area contributed by atoms with Gasteiger partial charge in [0.05, 0.1) is 12.6 Å². The summed E-state index contributed by atoms with van der Waals surface area (Å²) in [6, 6.07) is 28.5. The number of nitrogens with one attached hydrogen (secondary N) is 1. The maximum atomic E-state index is 12.9. The van der Waals surface area contributed by atoms with Crippen LogP contribution in [0.1, 0.15) is 34.5 Å². The standard InChI is InChI=1S/C29H33N3O3S/c1-2-34-20-21-35-26-15-9-14-25(22-26)28(33)30-29(36)32-18-16-31(17-19-32)27(23-10-5-3-6-11-23)24-12-7-4-8-13-24/h3-15,22,27H,2,16-21H2,1H3,(H,30,33,36). The van der Waals surface area contributed by atoms with E-state index >= 15 is 0 Å². The van der Waals surface area contributed by atoms with Crippen molar-refractivity contribution in [2.45, 2.75) is 13.0 Å². The van der Waals surface area contributed by atoms with Gasteiger partial charge >= 0.3 is 0 Å². The number of ether oxygens (including phenoxy) is 2. The summed E-state index contributed by atoms with van der Waals surface area (Å²) in [7, 11) is 0. The topological polar surface area (TPSA) is 54.0 Å². The average Bonchev–Trinajstić information content (AvgIpc) is 2.93. The molecule has 188 valence electrons. The summed E-state index contributed by atoms with van der Waals surface area (Å²) in [6.07, 6.45) is 0. The van der Waals surface area contributed by atoms with Crippen molar-refractivity contribution in [2.24, 2.45) is 0 Å². The summed E-state index contributed by atoms with van der Waals surface area (Å²) in [4.78, 5) is 17.4. The van der Waals surface area contributed by atoms with Gasteiger partial charge in [-0.05, 0) is 48.5 Å². The van der Waals surface area contributed by atoms with Gasteiger partial charge in [0.15, 0.2) is 5.11 Å². The van der Waals surface area contributed by atoms with Crippen molar-refractivity contribution in [3.8, 4) is 5.75 Å². The molecule has 1 fully saturated rings. The van der Waals surface area contributed by atoms with Crippen LogP contribution in [-0.2, 0) is 4.74 Å². The van der Waals surface area contributed by atoms with E-state index in [1.165, 1.54) is 11.1 Å². The van der Waals surface area contributed by atoms with E-state index in [0.717, 1.165) is 26.2 Å². The maximum absolute atomic E-state index is 12.9. The predicted molar refractivity (Wildman–Crippen MR) is 146 cm³/mol. The summed E-state index contributed by atoms with van der Waals surface area (Å²) >= 11 is 5.60. The number of hydrogen-bond acceptors (Lipinski definition) is 5. The third-order valence-corrected chi connectivity index (χ3v) is 6.57. The maximum Gasteiger partial charge on any atom is 0.257 e. The highest BCUT2D eigenvalue weighted by molar-refractivity contribution is 7.80. The molecule has 6 nitrogen and oxygen atoms in total. The third kappa shape index (κ3) is 6.91. The highest BCUT2D eigenvalue weighted by Gasteiger charge is 2.27. The van der Waals surface area contributed by atoms with Crippen molar-refractivity contribution in [3.05, 3.63) is 102 Å². The van der Waals surface area contributed by atoms with Crippen molar-refractivity contribution in [2.75, 3.05) is 46.0 Å². The van der Waals surface area contributed by atoms with Gasteiger partial charge in [-0.1, -0.05) is 66.7 Å². The molecule has 3 aromatic rings. The van der Waals surface area contributed by atoms with Crippen LogP contribution < -0.4 is 10.1 Å². The molecule has 1 saturated heterocycles. The van der Waals surface area contributed by atoms with Gasteiger partial charge in [0.25, 0.3) is 5.91 Å². The van der Waals surface area contributed by atoms with Gasteiger partial charge in [0.2, 0.25) is 0 Å². The van der Waals surface area contributed by atoms with Crippen molar-refractivity contribution >= 4 is 23.2 Å². The van der Waals surface area contributed by atoms with Crippen LogP contribution in [0.3, 0.4) is 0 Å². The van der Waals surface area contributed by atoms with Crippen LogP contribution in [-0.4, -0.2) is 66.8 Å². The van der Waals surface area contributed by atoms with Crippen LogP contribution in [0.25, 0.3) is 0 Å². The SMILES string of the molecule is CCOCCOc1cccc(C(=O)NC(=S)N2CCN(C(c3ccccc3)c3ccccc3)CC2)c1. The first-order chi connectivity index (χ1) is 17.7. The van der Waals surface area contributed by atoms with Crippen LogP contribution >= 0.6 is 12.2 Å². The molecule has 0 radical (unpaired) electrons. The number of benzene rings is 3. The zero-order valence-corrected chi connectivity index (χ0v) is 21.5. The Kier molecular flexibility index (Phi) is 9.44. The fourth-order valence-corrected chi connectivity index (χ4v) is 4.68. The van der Waals surface area contributed by atoms with Crippen LogP contribution in [0.2, 0.25) is 0 Å². The molecule has 0 saturated carbocycles. The molecule has 1 amide bonds. The molecule has 4 rings (SSSR count). The second-order valence-electron chi connectivity index (χ2n) is 8.58. The second-order valence-corrected chi connectivity index (χ2v) is 8.97. The first-order valence-electron chi connectivity index (χ1n) is 12.4. The van der Waals surface area contributed by atoms with Crippen LogP contribution in [0.15, 0.2) is 84.9 Å². The minimum Gasteiger partial charge on any atom is -0.491 e. The van der Waals surface area contributed by atoms with E-state index in [2.05, 4.69) is 63.6 Å². The summed E-state index contributed by atoms with van der Waals surface area (Å²) in [6.45, 7) is 6.72. The fourth-order valence-electron chi connectivity index (χ4n) is 4.41. The van der Waals surface area contributed by atoms with E-state index in [1.807, 2.05) is 25.1 Å². The van der Waals surface area contributed by atoms with Gasteiger partial charge < -0.3 is 14.4 Å². The number of carbonyl (C=O) groups excluding carboxylic acids is 1. The average molecular weight is 504 g/mol. The van der Waals surface area contributed by atoms with Crippen molar-refractivity contribution in [1.82, 2.24) is 15.1 Å². The lowest BCUT2D eigenvalue weighted by atomic mass is 9.96. The molecule has 36 heavy (non-hydrogen) atoms. The fraction of sp³-hybridized carbons (Fsp3) is 0.310. The Morgan fingerprint density at radius 1 is 0.889 bits per heavy atom. The number of amides is 1. The Labute approximate surface area is 218 Å². The van der Waals surface area contributed by atoms with E-state index in [9.17, 15) is 4.79 Å². The Morgan fingerprint density at radius 2 is 1.53 bits per heavy atom. The molecule has 1 aliphatic heterocycles. The largest absolute Gasteiger partial charge is 0.491 e. The Hall–Kier alpha value is -3.26. The lowest BCUT2D eigenvalue weighted by Gasteiger charge is -2.40. The molecule has 0 bridgehead atoms. The molecule has 0 unspecified atom stereocenters. The van der Waals surface area contributed by atoms with E-state index < -0.39 is 0 Å². The summed E-state index contributed by atoms with van der Waals surface area (Å²) in [5.41, 5.74) is 3.06. The van der Waals surface area contributed by atoms with E-state index in [1.54, 1.807) is 18.2 Å². The summed E-state index contributed by atoms with van der Waals surface area (Å²) in [5, 5.41) is 3.35. The minimum atomic E-state index is -0.232. The molecular formula is C29H33N3O3S. The Balaban J connectivity index is 1.34. The van der Waals surface area contributed by atoms with Gasteiger partial charge in [-0.3, -0.25) is 15.0 Å². The Bertz CT molecular complexity index is 1080. The van der Waals surface area contributed by atoms with Crippen molar-refractivity contribution in [1.29, 1.82) is 0 Å². The lowest BCUT2D eigenvalue weighted by molar-refractivity contribution is 0.0965. The lowest BCUT2D eigenvalue weighted by Crippen LogP contribution is -2.53. The quantitative estimate of drug-likeness (QED) is 0.342. The highest BCUT2D eigenvalue weighted by Crippen LogP contribution is 2.29. The summed E-state index contributed by atoms with van der Waals surface area (Å²) < 4.78 is 11.0. The molecule has 1 N–H and O–H groups in total. The van der Waals surface area contributed by atoms with E-state index in [4.69, 9.17) is 21.7 Å². The molecule has 3 aromatic carbocycles. The van der Waals surface area contributed by atoms with Gasteiger partial charge in [-0.2, -0.15) is 0 Å². The number of rotatable bonds is 9. The van der Waals surface area contributed by atoms with Gasteiger partial charge in [-0.15, -0.1) is 0 Å². The molecule has 7 heteroatoms. The number of hydrogen-bond donors (Lipinski definition) is 1. The minimum absolute atomic E-state index is 0.183. The zero-order chi connectivity index (χ0) is 25.2. The monoisotopic (exact) mass is 503 g/mol. The smallest absolute Gasteiger partial charge is 0.257 e. The van der Waals surface area contributed by atoms with Crippen LogP contribution in [0.5, 0.6) is 5.75 Å². The van der Waals surface area contributed by atoms with Crippen LogP contribution in [0.4, 0.5) is 0 Å². The molecule has 0 aromatic heterocycles. The van der Waals surface area contributed by atoms with E-state index in [-0.39, 0.29) is 11.9 Å². The molecule has 0 aliphatic carbocycles. The number of carbonyl (C=O) groups is 1. The molecular weight excluding hydrogens is 470 g/mol. The summed E-state index contributed by atoms with van der Waals surface area (Å²) in [5.74, 6) is 0.402. The molecule has 1 aliphatic rings. The number of piperazine rings is 1. The van der Waals surface area contributed by atoms with Gasteiger partial charge in [-0.25, -0.2) is 0 Å². The third-order valence-electron chi connectivity index (χ3n) is 6.21. The molecule has 0 atom stereocenters. The molecule has 1 heterocycles. The normalized spacial score (nSPS) is 14.0. The first kappa shape index (κ1) is 25.8. The highest BCUT2D eigenvalue weighted by atomic mass is 32.1. The zero-order valence-electron chi connectivity index (χ0n) is 20.6. The number of thiocarbonyl (C=S) groups is 1. The van der Waals surface area contributed by atoms with E-state index in [0.29, 0.717) is 36.2 Å². The molecule has 0 spiro atoms. The Morgan fingerprint density at radius 3 is 2.14 bits per heavy atom. The van der Waals surface area contributed by atoms with Gasteiger partial charge in [0.1, 0.15) is 12.4 Å². The second kappa shape index (κ2) is 13.2. The van der Waals surface area contributed by atoms with Crippen molar-refractivity contribution in [3.63, 3.8) is 0 Å². The van der Waals surface area contributed by atoms with Gasteiger partial charge in [0, 0.05) is 38.3 Å². The first-order valence-corrected chi connectivity index (χ1v) is 12.8.